The van der Waals surface area contributed by atoms with Crippen LogP contribution in [0.4, 0.5) is 0 Å². The normalized spacial score (nSPS) is 29.1. The zero-order valence-corrected chi connectivity index (χ0v) is 12.8. The number of phenols is 1. The van der Waals surface area contributed by atoms with Crippen LogP contribution in [0.25, 0.3) is 0 Å². The van der Waals surface area contributed by atoms with Crippen LogP contribution in [0.3, 0.4) is 0 Å². The minimum Gasteiger partial charge on any atom is -0.507 e. The Bertz CT molecular complexity index is 530. The molecular weight excluding hydrogens is 264 g/mol. The van der Waals surface area contributed by atoms with Gasteiger partial charge in [-0.15, -0.1) is 0 Å². The molecule has 114 valence electrons. The number of carbonyl (C=O) groups excluding carboxylic acids is 1. The molecule has 2 bridgehead atoms. The van der Waals surface area contributed by atoms with Gasteiger partial charge in [-0.1, -0.05) is 12.5 Å². The highest BCUT2D eigenvalue weighted by molar-refractivity contribution is 5.97. The largest absolute Gasteiger partial charge is 0.507 e. The lowest BCUT2D eigenvalue weighted by atomic mass is 9.82. The Kier molecular flexibility index (Phi) is 3.89. The van der Waals surface area contributed by atoms with Crippen molar-refractivity contribution in [2.45, 2.75) is 57.2 Å². The van der Waals surface area contributed by atoms with E-state index >= 15 is 0 Å². The summed E-state index contributed by atoms with van der Waals surface area (Å²) in [5, 5.41) is 13.0. The monoisotopic (exact) mass is 288 g/mol. The molecule has 2 atom stereocenters. The first-order chi connectivity index (χ1) is 10.0. The van der Waals surface area contributed by atoms with E-state index in [1.165, 1.54) is 19.3 Å². The molecule has 0 radical (unpaired) electrons. The molecule has 4 nitrogen and oxygen atoms in total. The highest BCUT2D eigenvalue weighted by Crippen LogP contribution is 2.32. The third-order valence-corrected chi connectivity index (χ3v) is 5.07. The van der Waals surface area contributed by atoms with Gasteiger partial charge in [0, 0.05) is 18.1 Å². The molecule has 21 heavy (non-hydrogen) atoms. The Morgan fingerprint density at radius 2 is 1.95 bits per heavy atom. The number of hydrogen-bond acceptors (Lipinski definition) is 3. The van der Waals surface area contributed by atoms with Crippen molar-refractivity contribution >= 4 is 5.91 Å². The number of piperidine rings is 2. The average molecular weight is 288 g/mol. The van der Waals surface area contributed by atoms with Gasteiger partial charge in [0.1, 0.15) is 5.75 Å². The van der Waals surface area contributed by atoms with Gasteiger partial charge in [0.25, 0.3) is 5.91 Å². The molecule has 0 spiro atoms. The smallest absolute Gasteiger partial charge is 0.255 e. The predicted octanol–water partition coefficient (Wildman–Crippen LogP) is 2.45. The van der Waals surface area contributed by atoms with Crippen LogP contribution in [-0.4, -0.2) is 41.1 Å². The van der Waals surface area contributed by atoms with Crippen molar-refractivity contribution in [2.24, 2.45) is 0 Å². The first-order valence-electron chi connectivity index (χ1n) is 7.87. The lowest BCUT2D eigenvalue weighted by molar-refractivity contribution is 0.0462. The SMILES string of the molecule is Cc1ccc(C(=O)NC2CC3CCCC(C2)N3C)c(O)c1. The van der Waals surface area contributed by atoms with Crippen molar-refractivity contribution in [3.05, 3.63) is 29.3 Å². The lowest BCUT2D eigenvalue weighted by Gasteiger charge is -2.47. The molecule has 2 saturated heterocycles. The third-order valence-electron chi connectivity index (χ3n) is 5.07. The Labute approximate surface area is 126 Å². The quantitative estimate of drug-likeness (QED) is 0.879. The molecule has 3 rings (SSSR count). The van der Waals surface area contributed by atoms with Crippen LogP contribution in [0.2, 0.25) is 0 Å². The number of carbonyl (C=O) groups is 1. The fourth-order valence-electron chi connectivity index (χ4n) is 3.83. The topological polar surface area (TPSA) is 52.6 Å². The molecule has 1 aromatic carbocycles. The summed E-state index contributed by atoms with van der Waals surface area (Å²) < 4.78 is 0. The van der Waals surface area contributed by atoms with E-state index in [0.29, 0.717) is 17.6 Å². The van der Waals surface area contributed by atoms with Crippen molar-refractivity contribution in [1.29, 1.82) is 0 Å². The maximum atomic E-state index is 12.4. The number of nitrogens with one attached hydrogen (secondary N) is 1. The Balaban J connectivity index is 1.68. The number of rotatable bonds is 2. The zero-order valence-electron chi connectivity index (χ0n) is 12.8. The van der Waals surface area contributed by atoms with Crippen LogP contribution in [0.15, 0.2) is 18.2 Å². The summed E-state index contributed by atoms with van der Waals surface area (Å²) in [6.07, 6.45) is 5.81. The van der Waals surface area contributed by atoms with E-state index in [2.05, 4.69) is 17.3 Å². The summed E-state index contributed by atoms with van der Waals surface area (Å²) in [4.78, 5) is 14.8. The minimum atomic E-state index is -0.153. The molecule has 2 heterocycles. The molecule has 4 heteroatoms. The van der Waals surface area contributed by atoms with Gasteiger partial charge in [0.05, 0.1) is 5.56 Å². The van der Waals surface area contributed by atoms with Crippen molar-refractivity contribution in [3.63, 3.8) is 0 Å². The molecule has 2 aliphatic heterocycles. The molecule has 2 aliphatic rings. The third kappa shape index (κ3) is 2.91. The van der Waals surface area contributed by atoms with Crippen LogP contribution >= 0.6 is 0 Å². The Morgan fingerprint density at radius 3 is 2.57 bits per heavy atom. The summed E-state index contributed by atoms with van der Waals surface area (Å²) in [6.45, 7) is 1.90. The van der Waals surface area contributed by atoms with Gasteiger partial charge in [0.2, 0.25) is 0 Å². The molecular formula is C17H24N2O2. The number of hydrogen-bond donors (Lipinski definition) is 2. The first kappa shape index (κ1) is 14.4. The summed E-state index contributed by atoms with van der Waals surface area (Å²) in [5.41, 5.74) is 1.34. The highest BCUT2D eigenvalue weighted by Gasteiger charge is 2.36. The lowest BCUT2D eigenvalue weighted by Crippen LogP contribution is -2.55. The molecule has 1 amide bonds. The van der Waals surface area contributed by atoms with Gasteiger partial charge >= 0.3 is 0 Å². The van der Waals surface area contributed by atoms with Crippen molar-refractivity contribution in [3.8, 4) is 5.75 Å². The van der Waals surface area contributed by atoms with Crippen LogP contribution in [0.5, 0.6) is 5.75 Å². The van der Waals surface area contributed by atoms with Gasteiger partial charge in [-0.05, 0) is 57.4 Å². The predicted molar refractivity (Wildman–Crippen MR) is 82.5 cm³/mol. The summed E-state index contributed by atoms with van der Waals surface area (Å²) >= 11 is 0. The van der Waals surface area contributed by atoms with Crippen molar-refractivity contribution in [1.82, 2.24) is 10.2 Å². The molecule has 0 aliphatic carbocycles. The molecule has 2 N–H and O–H groups in total. The van der Waals surface area contributed by atoms with E-state index in [1.54, 1.807) is 12.1 Å². The van der Waals surface area contributed by atoms with E-state index in [9.17, 15) is 9.90 Å². The van der Waals surface area contributed by atoms with Crippen LogP contribution in [-0.2, 0) is 0 Å². The van der Waals surface area contributed by atoms with E-state index in [4.69, 9.17) is 0 Å². The second kappa shape index (κ2) is 5.68. The molecule has 0 saturated carbocycles. The fraction of sp³-hybridized carbons (Fsp3) is 0.588. The summed E-state index contributed by atoms with van der Waals surface area (Å²) in [6, 6.07) is 6.61. The van der Waals surface area contributed by atoms with Gasteiger partial charge < -0.3 is 15.3 Å². The number of nitrogens with zero attached hydrogens (tertiary/aromatic N) is 1. The number of aromatic hydroxyl groups is 1. The molecule has 0 aromatic heterocycles. The second-order valence-electron chi connectivity index (χ2n) is 6.57. The number of benzene rings is 1. The van der Waals surface area contributed by atoms with Gasteiger partial charge in [-0.3, -0.25) is 4.79 Å². The van der Waals surface area contributed by atoms with Gasteiger partial charge in [-0.25, -0.2) is 0 Å². The van der Waals surface area contributed by atoms with Gasteiger partial charge in [0.15, 0.2) is 0 Å². The summed E-state index contributed by atoms with van der Waals surface area (Å²) in [5.74, 6) is -0.0826. The Morgan fingerprint density at radius 1 is 1.29 bits per heavy atom. The highest BCUT2D eigenvalue weighted by atomic mass is 16.3. The number of phenolic OH excluding ortho intramolecular Hbond substituents is 1. The average Bonchev–Trinajstić information content (AvgIpc) is 2.39. The molecule has 1 aromatic rings. The van der Waals surface area contributed by atoms with E-state index in [1.807, 2.05) is 13.0 Å². The first-order valence-corrected chi connectivity index (χ1v) is 7.87. The van der Waals surface area contributed by atoms with E-state index in [0.717, 1.165) is 18.4 Å². The summed E-state index contributed by atoms with van der Waals surface area (Å²) in [7, 11) is 2.21. The standard InChI is InChI=1S/C17H24N2O2/c1-11-6-7-15(16(20)8-11)17(21)18-12-9-13-4-3-5-14(10-12)19(13)2/h6-8,12-14,20H,3-5,9-10H2,1-2H3,(H,18,21). The van der Waals surface area contributed by atoms with Gasteiger partial charge in [-0.2, -0.15) is 0 Å². The van der Waals surface area contributed by atoms with Crippen LogP contribution in [0, 0.1) is 6.92 Å². The van der Waals surface area contributed by atoms with Crippen LogP contribution < -0.4 is 5.32 Å². The van der Waals surface area contributed by atoms with Crippen molar-refractivity contribution < 1.29 is 9.90 Å². The van der Waals surface area contributed by atoms with Crippen molar-refractivity contribution in [2.75, 3.05) is 7.05 Å². The zero-order chi connectivity index (χ0) is 15.0. The maximum absolute atomic E-state index is 12.4. The number of amides is 1. The molecule has 2 unspecified atom stereocenters. The van der Waals surface area contributed by atoms with E-state index in [-0.39, 0.29) is 17.7 Å². The maximum Gasteiger partial charge on any atom is 0.255 e. The van der Waals surface area contributed by atoms with Crippen LogP contribution in [0.1, 0.15) is 48.0 Å². The molecule has 2 fully saturated rings. The minimum absolute atomic E-state index is 0.0700. The Hall–Kier alpha value is -1.55. The fourth-order valence-corrected chi connectivity index (χ4v) is 3.83. The number of fused-ring (bicyclic) bond motifs is 2. The van der Waals surface area contributed by atoms with E-state index < -0.39 is 0 Å². The number of aryl methyl sites for hydroxylation is 1. The second-order valence-corrected chi connectivity index (χ2v) is 6.57.